The lowest BCUT2D eigenvalue weighted by Crippen LogP contribution is -2.05. The van der Waals surface area contributed by atoms with Crippen molar-refractivity contribution in [1.82, 2.24) is 4.98 Å². The second-order valence-corrected chi connectivity index (χ2v) is 6.50. The van der Waals surface area contributed by atoms with Crippen molar-refractivity contribution in [1.29, 1.82) is 0 Å². The molecule has 0 saturated heterocycles. The highest BCUT2D eigenvalue weighted by molar-refractivity contribution is 14.1. The Hall–Kier alpha value is -0.460. The van der Waals surface area contributed by atoms with Gasteiger partial charge in [-0.25, -0.2) is 0 Å². The van der Waals surface area contributed by atoms with Crippen LogP contribution in [0.25, 0.3) is 0 Å². The molecule has 1 atom stereocenters. The molecule has 0 aliphatic rings. The summed E-state index contributed by atoms with van der Waals surface area (Å²) in [7, 11) is 0. The molecular weight excluding hydrogens is 417 g/mol. The van der Waals surface area contributed by atoms with E-state index in [1.807, 2.05) is 30.5 Å². The number of aromatic nitrogens is 1. The van der Waals surface area contributed by atoms with Crippen molar-refractivity contribution >= 4 is 38.5 Å². The maximum atomic E-state index is 10.3. The lowest BCUT2D eigenvalue weighted by molar-refractivity contribution is 0.176. The Balaban J connectivity index is 2.15. The van der Waals surface area contributed by atoms with E-state index < -0.39 is 6.10 Å². The average molecular weight is 432 g/mol. The molecule has 0 aliphatic heterocycles. The minimum atomic E-state index is -0.538. The molecule has 0 spiro atoms. The van der Waals surface area contributed by atoms with Crippen LogP contribution in [0.1, 0.15) is 29.8 Å². The number of rotatable bonds is 4. The number of halogens is 2. The highest BCUT2D eigenvalue weighted by atomic mass is 127. The van der Waals surface area contributed by atoms with Gasteiger partial charge >= 0.3 is 0 Å². The average Bonchev–Trinajstić information content (AvgIpc) is 2.42. The van der Waals surface area contributed by atoms with E-state index in [-0.39, 0.29) is 0 Å². The summed E-state index contributed by atoms with van der Waals surface area (Å²) in [6, 6.07) is 10.0. The van der Waals surface area contributed by atoms with Gasteiger partial charge in [-0.05, 0) is 64.4 Å². The highest BCUT2D eigenvalue weighted by Gasteiger charge is 2.13. The van der Waals surface area contributed by atoms with Gasteiger partial charge in [0.25, 0.3) is 0 Å². The first-order chi connectivity index (χ1) is 9.10. The van der Waals surface area contributed by atoms with Crippen molar-refractivity contribution in [3.63, 3.8) is 0 Å². The fraction of sp³-hybridized carbons (Fsp3) is 0.267. The number of benzene rings is 1. The van der Waals surface area contributed by atoms with E-state index in [1.54, 1.807) is 0 Å². The fourth-order valence-corrected chi connectivity index (χ4v) is 2.89. The van der Waals surface area contributed by atoms with E-state index in [1.165, 1.54) is 5.56 Å². The van der Waals surface area contributed by atoms with Gasteiger partial charge in [0.05, 0.1) is 6.10 Å². The molecule has 1 aromatic heterocycles. The molecular formula is C15H15BrINO. The molecule has 0 amide bonds. The second-order valence-electron chi connectivity index (χ2n) is 4.40. The molecule has 1 N–H and O–H groups in total. The van der Waals surface area contributed by atoms with Gasteiger partial charge in [-0.1, -0.05) is 28.9 Å². The number of hydrogen-bond acceptors (Lipinski definition) is 2. The van der Waals surface area contributed by atoms with Crippen LogP contribution < -0.4 is 0 Å². The summed E-state index contributed by atoms with van der Waals surface area (Å²) in [6.45, 7) is 2.11. The summed E-state index contributed by atoms with van der Waals surface area (Å²) in [6.07, 6.45) is 2.86. The smallest absolute Gasteiger partial charge is 0.0856 e. The molecule has 1 aromatic carbocycles. The summed E-state index contributed by atoms with van der Waals surface area (Å²) < 4.78 is 2.05. The molecule has 2 aromatic rings. The highest BCUT2D eigenvalue weighted by Crippen LogP contribution is 2.27. The van der Waals surface area contributed by atoms with Crippen molar-refractivity contribution < 1.29 is 5.11 Å². The first-order valence-corrected chi connectivity index (χ1v) is 8.04. The van der Waals surface area contributed by atoms with Crippen LogP contribution in [-0.2, 0) is 12.8 Å². The summed E-state index contributed by atoms with van der Waals surface area (Å²) in [5, 5.41) is 10.3. The molecule has 2 rings (SSSR count). The number of aryl methyl sites for hydroxylation is 1. The van der Waals surface area contributed by atoms with Crippen molar-refractivity contribution in [2.75, 3.05) is 0 Å². The monoisotopic (exact) mass is 431 g/mol. The van der Waals surface area contributed by atoms with Crippen LogP contribution in [-0.4, -0.2) is 10.1 Å². The van der Waals surface area contributed by atoms with E-state index in [0.29, 0.717) is 6.42 Å². The number of hydrogen-bond donors (Lipinski definition) is 1. The molecule has 4 heteroatoms. The largest absolute Gasteiger partial charge is 0.388 e. The number of pyridine rings is 1. The van der Waals surface area contributed by atoms with Crippen LogP contribution in [0.3, 0.4) is 0 Å². The van der Waals surface area contributed by atoms with Crippen LogP contribution in [0.2, 0.25) is 0 Å². The Morgan fingerprint density at radius 1 is 1.32 bits per heavy atom. The van der Waals surface area contributed by atoms with Crippen LogP contribution in [0.5, 0.6) is 0 Å². The molecule has 0 bridgehead atoms. The van der Waals surface area contributed by atoms with Crippen molar-refractivity contribution in [3.8, 4) is 0 Å². The number of nitrogens with zero attached hydrogens (tertiary/aromatic N) is 1. The number of aliphatic hydroxyl groups excluding tert-OH is 1. The Labute approximate surface area is 135 Å². The minimum absolute atomic E-state index is 0.530. The van der Waals surface area contributed by atoms with Crippen molar-refractivity contribution in [2.45, 2.75) is 25.9 Å². The summed E-state index contributed by atoms with van der Waals surface area (Å²) >= 11 is 5.73. The van der Waals surface area contributed by atoms with Crippen molar-refractivity contribution in [3.05, 3.63) is 61.4 Å². The van der Waals surface area contributed by atoms with Gasteiger partial charge in [0.1, 0.15) is 0 Å². The predicted molar refractivity (Wildman–Crippen MR) is 89.1 cm³/mol. The molecule has 2 nitrogen and oxygen atoms in total. The van der Waals surface area contributed by atoms with E-state index in [0.717, 1.165) is 25.7 Å². The molecule has 0 radical (unpaired) electrons. The lowest BCUT2D eigenvalue weighted by Gasteiger charge is -2.13. The fourth-order valence-electron chi connectivity index (χ4n) is 1.86. The molecule has 0 fully saturated rings. The third-order valence-electron chi connectivity index (χ3n) is 3.01. The first kappa shape index (κ1) is 14.9. The van der Waals surface area contributed by atoms with Gasteiger partial charge in [-0.3, -0.25) is 4.98 Å². The second kappa shape index (κ2) is 6.81. The van der Waals surface area contributed by atoms with E-state index >= 15 is 0 Å². The van der Waals surface area contributed by atoms with Gasteiger partial charge in [0.2, 0.25) is 0 Å². The van der Waals surface area contributed by atoms with Crippen molar-refractivity contribution in [2.24, 2.45) is 0 Å². The van der Waals surface area contributed by atoms with E-state index in [9.17, 15) is 5.11 Å². The van der Waals surface area contributed by atoms with Crippen LogP contribution in [0.15, 0.2) is 41.0 Å². The third-order valence-corrected chi connectivity index (χ3v) is 4.41. The molecule has 0 saturated carbocycles. The van der Waals surface area contributed by atoms with Crippen LogP contribution in [0.4, 0.5) is 0 Å². The zero-order valence-electron chi connectivity index (χ0n) is 10.6. The summed E-state index contributed by atoms with van der Waals surface area (Å²) in [4.78, 5) is 4.39. The Kier molecular flexibility index (Phi) is 5.36. The van der Waals surface area contributed by atoms with Gasteiger partial charge in [-0.15, -0.1) is 0 Å². The third kappa shape index (κ3) is 4.00. The number of aliphatic hydroxyl groups is 1. The predicted octanol–water partition coefficient (Wildman–Crippen LogP) is 4.29. The van der Waals surface area contributed by atoms with Gasteiger partial charge in [-0.2, -0.15) is 0 Å². The van der Waals surface area contributed by atoms with Crippen LogP contribution >= 0.6 is 38.5 Å². The van der Waals surface area contributed by atoms with Crippen LogP contribution in [0, 0.1) is 3.57 Å². The van der Waals surface area contributed by atoms with Gasteiger partial charge in [0.15, 0.2) is 0 Å². The van der Waals surface area contributed by atoms with Gasteiger partial charge in [0, 0.05) is 26.4 Å². The normalized spacial score (nSPS) is 12.4. The topological polar surface area (TPSA) is 33.1 Å². The molecule has 0 aliphatic carbocycles. The quantitative estimate of drug-likeness (QED) is 0.732. The molecule has 1 unspecified atom stereocenters. The lowest BCUT2D eigenvalue weighted by atomic mass is 10.0. The van der Waals surface area contributed by atoms with Gasteiger partial charge < -0.3 is 5.11 Å². The standard InChI is InChI=1S/C15H15BrINO/c1-2-10-3-5-12(18-9-10)8-15(19)13-7-11(17)4-6-14(13)16/h3-7,9,15,19H,2,8H2,1H3. The summed E-state index contributed by atoms with van der Waals surface area (Å²) in [5.41, 5.74) is 3.04. The zero-order valence-corrected chi connectivity index (χ0v) is 14.3. The zero-order chi connectivity index (χ0) is 13.8. The Morgan fingerprint density at radius 3 is 2.74 bits per heavy atom. The van der Waals surface area contributed by atoms with E-state index in [2.05, 4.69) is 56.5 Å². The first-order valence-electron chi connectivity index (χ1n) is 6.17. The Morgan fingerprint density at radius 2 is 2.11 bits per heavy atom. The maximum Gasteiger partial charge on any atom is 0.0856 e. The Bertz CT molecular complexity index is 557. The molecule has 19 heavy (non-hydrogen) atoms. The minimum Gasteiger partial charge on any atom is -0.388 e. The molecule has 1 heterocycles. The molecule has 100 valence electrons. The van der Waals surface area contributed by atoms with E-state index in [4.69, 9.17) is 0 Å². The SMILES string of the molecule is CCc1ccc(CC(O)c2cc(I)ccc2Br)nc1. The summed E-state index contributed by atoms with van der Waals surface area (Å²) in [5.74, 6) is 0. The maximum absolute atomic E-state index is 10.3.